The Hall–Kier alpha value is -0.610. The molecule has 4 nitrogen and oxygen atoms in total. The van der Waals surface area contributed by atoms with Crippen LogP contribution >= 0.6 is 0 Å². The average molecular weight is 385 g/mol. The van der Waals surface area contributed by atoms with Crippen molar-refractivity contribution in [1.29, 1.82) is 0 Å². The molecule has 0 aliphatic rings. The first-order valence-corrected chi connectivity index (χ1v) is 11.7. The molecule has 0 aliphatic heterocycles. The number of aliphatic hydroxyl groups is 1. The Morgan fingerprint density at radius 1 is 0.778 bits per heavy atom. The predicted octanol–water partition coefficient (Wildman–Crippen LogP) is 5.29. The number of hydrogen-bond acceptors (Lipinski definition) is 3. The van der Waals surface area contributed by atoms with Crippen LogP contribution in [0.5, 0.6) is 0 Å². The zero-order valence-electron chi connectivity index (χ0n) is 18.6. The van der Waals surface area contributed by atoms with Crippen LogP contribution in [0.25, 0.3) is 0 Å². The van der Waals surface area contributed by atoms with Crippen LogP contribution in [0.2, 0.25) is 0 Å². The maximum Gasteiger partial charge on any atom is 0.248 e. The average Bonchev–Trinajstić information content (AvgIpc) is 2.65. The largest absolute Gasteiger partial charge is 0.383 e. The summed E-state index contributed by atoms with van der Waals surface area (Å²) in [6.45, 7) is 3.87. The number of carbonyl (C=O) groups excluding carboxylic acids is 1. The fourth-order valence-electron chi connectivity index (χ4n) is 3.39. The lowest BCUT2D eigenvalue weighted by Gasteiger charge is -2.13. The van der Waals surface area contributed by atoms with E-state index in [1.165, 1.54) is 77.0 Å². The van der Waals surface area contributed by atoms with Gasteiger partial charge in [0.1, 0.15) is 6.10 Å². The first-order chi connectivity index (χ1) is 13.1. The van der Waals surface area contributed by atoms with E-state index in [0.717, 1.165) is 25.8 Å². The van der Waals surface area contributed by atoms with Gasteiger partial charge in [0.2, 0.25) is 5.91 Å². The minimum Gasteiger partial charge on any atom is -0.383 e. The third-order valence-electron chi connectivity index (χ3n) is 5.22. The molecule has 4 heteroatoms. The van der Waals surface area contributed by atoms with Crippen molar-refractivity contribution in [3.63, 3.8) is 0 Å². The standard InChI is InChI=1S/C23H48N2O2/c1-4-5-6-7-8-9-10-11-12-13-14-15-16-17-19-22(26)23(27)24-20-18-21-25(2)3/h22,26H,4-21H2,1-3H3,(H,24,27). The Kier molecular flexibility index (Phi) is 19.7. The van der Waals surface area contributed by atoms with Crippen LogP contribution in [0.4, 0.5) is 0 Å². The number of rotatable bonds is 20. The highest BCUT2D eigenvalue weighted by atomic mass is 16.3. The third-order valence-corrected chi connectivity index (χ3v) is 5.22. The summed E-state index contributed by atoms with van der Waals surface area (Å²) in [6.07, 6.45) is 19.2. The van der Waals surface area contributed by atoms with Crippen molar-refractivity contribution in [3.05, 3.63) is 0 Å². The molecule has 0 aromatic rings. The van der Waals surface area contributed by atoms with Crippen LogP contribution in [0, 0.1) is 0 Å². The minimum absolute atomic E-state index is 0.205. The van der Waals surface area contributed by atoms with Gasteiger partial charge in [0.25, 0.3) is 0 Å². The molecule has 0 aromatic heterocycles. The van der Waals surface area contributed by atoms with E-state index in [1.54, 1.807) is 0 Å². The van der Waals surface area contributed by atoms with Crippen LogP contribution in [-0.4, -0.2) is 49.2 Å². The van der Waals surface area contributed by atoms with Gasteiger partial charge in [-0.25, -0.2) is 0 Å². The van der Waals surface area contributed by atoms with Crippen molar-refractivity contribution >= 4 is 5.91 Å². The number of unbranched alkanes of at least 4 members (excludes halogenated alkanes) is 13. The highest BCUT2D eigenvalue weighted by Crippen LogP contribution is 2.13. The Balaban J connectivity index is 3.28. The smallest absolute Gasteiger partial charge is 0.248 e. The molecule has 0 radical (unpaired) electrons. The Morgan fingerprint density at radius 3 is 1.67 bits per heavy atom. The molecule has 1 amide bonds. The second-order valence-electron chi connectivity index (χ2n) is 8.35. The molecule has 0 saturated carbocycles. The van der Waals surface area contributed by atoms with Gasteiger partial charge in [0.05, 0.1) is 0 Å². The summed E-state index contributed by atoms with van der Waals surface area (Å²) in [7, 11) is 4.04. The van der Waals surface area contributed by atoms with Gasteiger partial charge in [-0.05, 0) is 33.5 Å². The number of amides is 1. The second kappa shape index (κ2) is 20.1. The molecule has 0 heterocycles. The SMILES string of the molecule is CCCCCCCCCCCCCCCCC(O)C(=O)NCCCN(C)C. The van der Waals surface area contributed by atoms with Crippen LogP contribution in [0.15, 0.2) is 0 Å². The van der Waals surface area contributed by atoms with Crippen LogP contribution in [0.1, 0.15) is 110 Å². The molecule has 0 aliphatic carbocycles. The van der Waals surface area contributed by atoms with E-state index in [2.05, 4.69) is 17.1 Å². The number of aliphatic hydroxyl groups excluding tert-OH is 1. The van der Waals surface area contributed by atoms with Crippen molar-refractivity contribution in [2.75, 3.05) is 27.2 Å². The van der Waals surface area contributed by atoms with Crippen molar-refractivity contribution in [1.82, 2.24) is 10.2 Å². The van der Waals surface area contributed by atoms with Gasteiger partial charge in [-0.15, -0.1) is 0 Å². The molecule has 0 saturated heterocycles. The molecular weight excluding hydrogens is 336 g/mol. The number of nitrogens with one attached hydrogen (secondary N) is 1. The maximum absolute atomic E-state index is 11.8. The molecule has 0 spiro atoms. The summed E-state index contributed by atoms with van der Waals surface area (Å²) in [6, 6.07) is 0. The molecule has 0 fully saturated rings. The molecule has 2 N–H and O–H groups in total. The summed E-state index contributed by atoms with van der Waals surface area (Å²) in [5.41, 5.74) is 0. The summed E-state index contributed by atoms with van der Waals surface area (Å²) >= 11 is 0. The lowest BCUT2D eigenvalue weighted by molar-refractivity contribution is -0.129. The van der Waals surface area contributed by atoms with E-state index in [1.807, 2.05) is 14.1 Å². The minimum atomic E-state index is -0.832. The molecule has 1 unspecified atom stereocenters. The van der Waals surface area contributed by atoms with Gasteiger partial charge in [-0.1, -0.05) is 96.8 Å². The molecule has 0 bridgehead atoms. The summed E-state index contributed by atoms with van der Waals surface area (Å²) in [4.78, 5) is 13.9. The zero-order chi connectivity index (χ0) is 20.2. The fraction of sp³-hybridized carbons (Fsp3) is 0.957. The quantitative estimate of drug-likeness (QED) is 0.281. The van der Waals surface area contributed by atoms with Gasteiger partial charge in [0, 0.05) is 6.54 Å². The van der Waals surface area contributed by atoms with E-state index in [4.69, 9.17) is 0 Å². The van der Waals surface area contributed by atoms with Gasteiger partial charge in [-0.3, -0.25) is 4.79 Å². The highest BCUT2D eigenvalue weighted by molar-refractivity contribution is 5.80. The zero-order valence-corrected chi connectivity index (χ0v) is 18.6. The third kappa shape index (κ3) is 19.9. The van der Waals surface area contributed by atoms with Crippen molar-refractivity contribution in [2.45, 2.75) is 116 Å². The van der Waals surface area contributed by atoms with E-state index >= 15 is 0 Å². The van der Waals surface area contributed by atoms with Gasteiger partial charge in [-0.2, -0.15) is 0 Å². The van der Waals surface area contributed by atoms with Crippen molar-refractivity contribution < 1.29 is 9.90 Å². The van der Waals surface area contributed by atoms with Crippen LogP contribution in [0.3, 0.4) is 0 Å². The first-order valence-electron chi connectivity index (χ1n) is 11.7. The molecule has 0 rings (SSSR count). The lowest BCUT2D eigenvalue weighted by atomic mass is 10.0. The summed E-state index contributed by atoms with van der Waals surface area (Å²) in [5.74, 6) is -0.205. The summed E-state index contributed by atoms with van der Waals surface area (Å²) < 4.78 is 0. The Morgan fingerprint density at radius 2 is 1.22 bits per heavy atom. The maximum atomic E-state index is 11.8. The summed E-state index contributed by atoms with van der Waals surface area (Å²) in [5, 5.41) is 12.7. The van der Waals surface area contributed by atoms with E-state index in [9.17, 15) is 9.90 Å². The number of hydrogen-bond donors (Lipinski definition) is 2. The number of nitrogens with zero attached hydrogens (tertiary/aromatic N) is 1. The predicted molar refractivity (Wildman–Crippen MR) is 117 cm³/mol. The van der Waals surface area contributed by atoms with E-state index in [-0.39, 0.29) is 5.91 Å². The Bertz CT molecular complexity index is 322. The van der Waals surface area contributed by atoms with Crippen molar-refractivity contribution in [3.8, 4) is 0 Å². The fourth-order valence-corrected chi connectivity index (χ4v) is 3.39. The van der Waals surface area contributed by atoms with E-state index in [0.29, 0.717) is 13.0 Å². The molecule has 1 atom stereocenters. The van der Waals surface area contributed by atoms with Gasteiger partial charge < -0.3 is 15.3 Å². The Labute approximate surface area is 169 Å². The van der Waals surface area contributed by atoms with Crippen molar-refractivity contribution in [2.24, 2.45) is 0 Å². The van der Waals surface area contributed by atoms with Crippen LogP contribution in [-0.2, 0) is 4.79 Å². The molecular formula is C23H48N2O2. The van der Waals surface area contributed by atoms with Gasteiger partial charge >= 0.3 is 0 Å². The van der Waals surface area contributed by atoms with Crippen LogP contribution < -0.4 is 5.32 Å². The first kappa shape index (κ1) is 26.4. The van der Waals surface area contributed by atoms with E-state index < -0.39 is 6.10 Å². The van der Waals surface area contributed by atoms with Gasteiger partial charge in [0.15, 0.2) is 0 Å². The molecule has 162 valence electrons. The lowest BCUT2D eigenvalue weighted by Crippen LogP contribution is -2.35. The molecule has 27 heavy (non-hydrogen) atoms. The number of carbonyl (C=O) groups is 1. The second-order valence-corrected chi connectivity index (χ2v) is 8.35. The monoisotopic (exact) mass is 384 g/mol. The molecule has 0 aromatic carbocycles. The highest BCUT2D eigenvalue weighted by Gasteiger charge is 2.13. The topological polar surface area (TPSA) is 52.6 Å². The normalized spacial score (nSPS) is 12.5.